The summed E-state index contributed by atoms with van der Waals surface area (Å²) in [4.78, 5) is 9.05. The van der Waals surface area contributed by atoms with Crippen molar-refractivity contribution in [3.05, 3.63) is 126 Å². The van der Waals surface area contributed by atoms with E-state index in [-0.39, 0.29) is 0 Å². The molecule has 0 bridgehead atoms. The minimum atomic E-state index is -0.648. The standard InChI is InChI=1S/C25H18I2O4/c26-21-15-19(11-13-23(21)30-28)25(17-7-3-1-4-8-17,18-9-5-2-6-10-18)20-12-14-24(31-29)22(27)16-20/h1-16,28-29H. The van der Waals surface area contributed by atoms with Crippen LogP contribution in [0, 0.1) is 7.14 Å². The van der Waals surface area contributed by atoms with Crippen LogP contribution in [0.3, 0.4) is 0 Å². The summed E-state index contributed by atoms with van der Waals surface area (Å²) >= 11 is 4.33. The molecule has 0 spiro atoms. The van der Waals surface area contributed by atoms with E-state index in [0.717, 1.165) is 29.4 Å². The van der Waals surface area contributed by atoms with Crippen molar-refractivity contribution in [2.75, 3.05) is 0 Å². The summed E-state index contributed by atoms with van der Waals surface area (Å²) in [6.45, 7) is 0. The molecule has 156 valence electrons. The van der Waals surface area contributed by atoms with Gasteiger partial charge in [0.1, 0.15) is 0 Å². The molecule has 4 aromatic carbocycles. The van der Waals surface area contributed by atoms with E-state index in [2.05, 4.69) is 79.2 Å². The van der Waals surface area contributed by atoms with Crippen molar-refractivity contribution in [1.82, 2.24) is 0 Å². The first-order valence-corrected chi connectivity index (χ1v) is 11.6. The van der Waals surface area contributed by atoms with Gasteiger partial charge < -0.3 is 9.78 Å². The molecule has 31 heavy (non-hydrogen) atoms. The third-order valence-corrected chi connectivity index (χ3v) is 7.03. The fourth-order valence-corrected chi connectivity index (χ4v) is 5.22. The summed E-state index contributed by atoms with van der Waals surface area (Å²) in [5, 5.41) is 18.4. The third kappa shape index (κ3) is 4.05. The highest BCUT2D eigenvalue weighted by Crippen LogP contribution is 2.47. The number of rotatable bonds is 6. The zero-order valence-electron chi connectivity index (χ0n) is 16.2. The summed E-state index contributed by atoms with van der Waals surface area (Å²) in [7, 11) is 0. The molecule has 0 fully saturated rings. The van der Waals surface area contributed by atoms with Gasteiger partial charge in [-0.15, -0.1) is 0 Å². The molecule has 6 heteroatoms. The van der Waals surface area contributed by atoms with E-state index in [9.17, 15) is 10.5 Å². The Morgan fingerprint density at radius 2 is 0.903 bits per heavy atom. The van der Waals surface area contributed by atoms with E-state index in [0.29, 0.717) is 11.5 Å². The average molecular weight is 636 g/mol. The molecule has 4 nitrogen and oxygen atoms in total. The van der Waals surface area contributed by atoms with Crippen molar-refractivity contribution in [2.45, 2.75) is 5.41 Å². The lowest BCUT2D eigenvalue weighted by Crippen LogP contribution is -2.31. The summed E-state index contributed by atoms with van der Waals surface area (Å²) in [5.74, 6) is 0.802. The Morgan fingerprint density at radius 3 is 1.23 bits per heavy atom. The fourth-order valence-electron chi connectivity index (χ4n) is 3.99. The molecule has 4 aromatic rings. The lowest BCUT2D eigenvalue weighted by atomic mass is 9.65. The van der Waals surface area contributed by atoms with Gasteiger partial charge in [-0.1, -0.05) is 72.8 Å². The molecule has 0 aromatic heterocycles. The molecule has 4 rings (SSSR count). The average Bonchev–Trinajstić information content (AvgIpc) is 2.81. The van der Waals surface area contributed by atoms with Crippen molar-refractivity contribution in [1.29, 1.82) is 0 Å². The fraction of sp³-hybridized carbons (Fsp3) is 0.0400. The number of benzene rings is 4. The maximum atomic E-state index is 9.21. The van der Waals surface area contributed by atoms with Gasteiger partial charge in [0.15, 0.2) is 11.5 Å². The molecule has 0 heterocycles. The topological polar surface area (TPSA) is 58.9 Å². The van der Waals surface area contributed by atoms with Crippen LogP contribution in [-0.2, 0) is 5.41 Å². The summed E-state index contributed by atoms with van der Waals surface area (Å²) < 4.78 is 1.58. The van der Waals surface area contributed by atoms with E-state index in [1.54, 1.807) is 12.1 Å². The maximum Gasteiger partial charge on any atom is 0.178 e. The molecular formula is C25H18I2O4. The van der Waals surface area contributed by atoms with Crippen LogP contribution < -0.4 is 9.78 Å². The Kier molecular flexibility index (Phi) is 6.80. The van der Waals surface area contributed by atoms with E-state index in [4.69, 9.17) is 0 Å². The Bertz CT molecular complexity index is 1090. The highest BCUT2D eigenvalue weighted by atomic mass is 127. The highest BCUT2D eigenvalue weighted by molar-refractivity contribution is 14.1. The van der Waals surface area contributed by atoms with Crippen LogP contribution in [0.4, 0.5) is 0 Å². The molecule has 0 unspecified atom stereocenters. The van der Waals surface area contributed by atoms with Crippen molar-refractivity contribution in [3.8, 4) is 11.5 Å². The largest absolute Gasteiger partial charge is 0.339 e. The van der Waals surface area contributed by atoms with Crippen molar-refractivity contribution < 1.29 is 20.3 Å². The zero-order valence-corrected chi connectivity index (χ0v) is 20.5. The van der Waals surface area contributed by atoms with Gasteiger partial charge in [0.05, 0.1) is 12.6 Å². The smallest absolute Gasteiger partial charge is 0.178 e. The molecular weight excluding hydrogens is 618 g/mol. The van der Waals surface area contributed by atoms with E-state index >= 15 is 0 Å². The lowest BCUT2D eigenvalue weighted by Gasteiger charge is -2.37. The number of hydrogen-bond acceptors (Lipinski definition) is 4. The van der Waals surface area contributed by atoms with Crippen LogP contribution in [0.15, 0.2) is 97.1 Å². The maximum absolute atomic E-state index is 9.21. The zero-order chi connectivity index (χ0) is 21.8. The van der Waals surface area contributed by atoms with Gasteiger partial charge in [-0.25, -0.2) is 10.5 Å². The Balaban J connectivity index is 2.12. The number of halogens is 2. The molecule has 0 amide bonds. The van der Waals surface area contributed by atoms with Crippen molar-refractivity contribution >= 4 is 45.2 Å². The first kappa shape index (κ1) is 22.1. The van der Waals surface area contributed by atoms with Gasteiger partial charge in [-0.2, -0.15) is 0 Å². The predicted octanol–water partition coefficient (Wildman–Crippen LogP) is 6.98. The Labute approximate surface area is 207 Å². The Morgan fingerprint density at radius 1 is 0.516 bits per heavy atom. The SMILES string of the molecule is OOc1ccc(C(c2ccccc2)(c2ccccc2)c2ccc(OO)c(I)c2)cc1I. The van der Waals surface area contributed by atoms with Crippen LogP contribution in [0.5, 0.6) is 11.5 Å². The van der Waals surface area contributed by atoms with Gasteiger partial charge >= 0.3 is 0 Å². The first-order chi connectivity index (χ1) is 15.1. The van der Waals surface area contributed by atoms with E-state index in [1.807, 2.05) is 60.7 Å². The molecule has 0 radical (unpaired) electrons. The van der Waals surface area contributed by atoms with Gasteiger partial charge in [0, 0.05) is 0 Å². The van der Waals surface area contributed by atoms with Gasteiger partial charge in [0.25, 0.3) is 0 Å². The molecule has 2 N–H and O–H groups in total. The normalized spacial score (nSPS) is 11.2. The van der Waals surface area contributed by atoms with E-state index in [1.165, 1.54) is 0 Å². The molecule has 0 saturated heterocycles. The monoisotopic (exact) mass is 636 g/mol. The van der Waals surface area contributed by atoms with Crippen LogP contribution in [0.1, 0.15) is 22.3 Å². The number of hydrogen-bond donors (Lipinski definition) is 2. The lowest BCUT2D eigenvalue weighted by molar-refractivity contribution is -0.138. The second-order valence-electron chi connectivity index (χ2n) is 6.96. The van der Waals surface area contributed by atoms with Crippen LogP contribution >= 0.6 is 45.2 Å². The third-order valence-electron chi connectivity index (χ3n) is 5.34. The summed E-state index contributed by atoms with van der Waals surface area (Å²) in [5.41, 5.74) is 3.56. The highest BCUT2D eigenvalue weighted by Gasteiger charge is 2.39. The van der Waals surface area contributed by atoms with Crippen LogP contribution in [0.25, 0.3) is 0 Å². The molecule has 0 saturated carbocycles. The first-order valence-electron chi connectivity index (χ1n) is 9.45. The van der Waals surface area contributed by atoms with Crippen molar-refractivity contribution in [2.24, 2.45) is 0 Å². The molecule has 0 aliphatic rings. The van der Waals surface area contributed by atoms with Gasteiger partial charge in [-0.05, 0) is 91.7 Å². The minimum Gasteiger partial charge on any atom is -0.339 e. The minimum absolute atomic E-state index is 0.401. The second kappa shape index (κ2) is 9.56. The molecule has 0 atom stereocenters. The quantitative estimate of drug-likeness (QED) is 0.104. The van der Waals surface area contributed by atoms with Gasteiger partial charge in [-0.3, -0.25) is 0 Å². The second-order valence-corrected chi connectivity index (χ2v) is 9.28. The van der Waals surface area contributed by atoms with Crippen LogP contribution in [-0.4, -0.2) is 10.5 Å². The molecule has 0 aliphatic carbocycles. The Hall–Kier alpha value is -2.14. The predicted molar refractivity (Wildman–Crippen MR) is 137 cm³/mol. The molecule has 0 aliphatic heterocycles. The van der Waals surface area contributed by atoms with Gasteiger partial charge in [0.2, 0.25) is 0 Å². The summed E-state index contributed by atoms with van der Waals surface area (Å²) in [6, 6.07) is 32.1. The van der Waals surface area contributed by atoms with E-state index < -0.39 is 5.41 Å². The summed E-state index contributed by atoms with van der Waals surface area (Å²) in [6.07, 6.45) is 0. The van der Waals surface area contributed by atoms with Crippen LogP contribution in [0.2, 0.25) is 0 Å². The van der Waals surface area contributed by atoms with Crippen molar-refractivity contribution in [3.63, 3.8) is 0 Å².